The fourth-order valence-electron chi connectivity index (χ4n) is 5.93. The Bertz CT molecular complexity index is 1550. The van der Waals surface area contributed by atoms with Gasteiger partial charge in [0.25, 0.3) is 0 Å². The highest BCUT2D eigenvalue weighted by atomic mass is 16.7. The molecule has 4 aromatic rings. The van der Waals surface area contributed by atoms with Crippen molar-refractivity contribution in [2.75, 3.05) is 20.8 Å². The standard InChI is InChI=1S/C37H40O8/c1-42-35-20-25(9-16-32(35)39)18-28-23-44-37(31(28)19-26-10-17-33(40)36(21-26)43-2)45-30(15-8-24-6-4-3-5-7-24)22-34(41)27-11-13-29(38)14-12-27/h3-7,9-14,16-17,20-21,28,30-31,37-40H,8,15,18-19,22-23H2,1-2H3/t28-,30-,31+,37-/m0/s1. The van der Waals surface area contributed by atoms with Crippen LogP contribution in [-0.2, 0) is 28.7 Å². The lowest BCUT2D eigenvalue weighted by Gasteiger charge is -2.28. The Hall–Kier alpha value is -4.53. The highest BCUT2D eigenvalue weighted by Crippen LogP contribution is 2.38. The predicted molar refractivity (Wildman–Crippen MR) is 170 cm³/mol. The molecule has 0 aliphatic carbocycles. The van der Waals surface area contributed by atoms with Crippen LogP contribution >= 0.6 is 0 Å². The van der Waals surface area contributed by atoms with E-state index in [0.717, 1.165) is 23.1 Å². The van der Waals surface area contributed by atoms with E-state index < -0.39 is 12.4 Å². The minimum Gasteiger partial charge on any atom is -0.508 e. The number of hydrogen-bond acceptors (Lipinski definition) is 8. The van der Waals surface area contributed by atoms with Crippen LogP contribution in [0.5, 0.6) is 28.7 Å². The SMILES string of the molecule is COc1cc(C[C@H]2CO[C@@H](O[C@@H](CCc3ccccc3)CC(=O)c3ccc(O)cc3)[C@@H]2Cc2ccc(O)c(OC)c2)ccc1O. The lowest BCUT2D eigenvalue weighted by molar-refractivity contribution is -0.162. The molecule has 236 valence electrons. The van der Waals surface area contributed by atoms with Crippen LogP contribution in [0.2, 0.25) is 0 Å². The van der Waals surface area contributed by atoms with Gasteiger partial charge in [-0.15, -0.1) is 0 Å². The molecule has 8 nitrogen and oxygen atoms in total. The number of aromatic hydroxyl groups is 3. The third-order valence-electron chi connectivity index (χ3n) is 8.41. The average Bonchev–Trinajstić information content (AvgIpc) is 3.42. The van der Waals surface area contributed by atoms with Gasteiger partial charge in [-0.2, -0.15) is 0 Å². The quantitative estimate of drug-likeness (QED) is 0.139. The van der Waals surface area contributed by atoms with E-state index in [0.29, 0.717) is 42.9 Å². The van der Waals surface area contributed by atoms with Gasteiger partial charge in [0.1, 0.15) is 5.75 Å². The van der Waals surface area contributed by atoms with Crippen molar-refractivity contribution in [1.29, 1.82) is 0 Å². The lowest BCUT2D eigenvalue weighted by atomic mass is 9.84. The molecule has 0 saturated carbocycles. The second kappa shape index (κ2) is 15.0. The summed E-state index contributed by atoms with van der Waals surface area (Å²) in [5, 5.41) is 30.0. The lowest BCUT2D eigenvalue weighted by Crippen LogP contribution is -2.32. The van der Waals surface area contributed by atoms with Crippen LogP contribution in [0, 0.1) is 11.8 Å². The maximum atomic E-state index is 13.3. The van der Waals surface area contributed by atoms with E-state index in [4.69, 9.17) is 18.9 Å². The van der Waals surface area contributed by atoms with Crippen LogP contribution in [-0.4, -0.2) is 54.3 Å². The number of carbonyl (C=O) groups is 1. The molecule has 1 aliphatic heterocycles. The summed E-state index contributed by atoms with van der Waals surface area (Å²) >= 11 is 0. The predicted octanol–water partition coefficient (Wildman–Crippen LogP) is 6.49. The molecule has 0 spiro atoms. The first-order chi connectivity index (χ1) is 21.8. The fraction of sp³-hybridized carbons (Fsp3) is 0.324. The highest BCUT2D eigenvalue weighted by Gasteiger charge is 2.40. The minimum atomic E-state index is -0.581. The summed E-state index contributed by atoms with van der Waals surface area (Å²) < 4.78 is 23.8. The summed E-state index contributed by atoms with van der Waals surface area (Å²) in [7, 11) is 3.05. The molecular formula is C37H40O8. The zero-order valence-electron chi connectivity index (χ0n) is 25.6. The summed E-state index contributed by atoms with van der Waals surface area (Å²) in [6.07, 6.45) is 1.78. The third-order valence-corrected chi connectivity index (χ3v) is 8.41. The first-order valence-electron chi connectivity index (χ1n) is 15.2. The van der Waals surface area contributed by atoms with Crippen LogP contribution in [0.1, 0.15) is 39.9 Å². The second-order valence-electron chi connectivity index (χ2n) is 11.5. The van der Waals surface area contributed by atoms with Crippen LogP contribution < -0.4 is 9.47 Å². The molecule has 4 atom stereocenters. The van der Waals surface area contributed by atoms with Crippen LogP contribution in [0.4, 0.5) is 0 Å². The molecular weight excluding hydrogens is 572 g/mol. The average molecular weight is 613 g/mol. The molecule has 8 heteroatoms. The Morgan fingerprint density at radius 1 is 0.800 bits per heavy atom. The molecule has 1 heterocycles. The molecule has 4 aromatic carbocycles. The van der Waals surface area contributed by atoms with Crippen molar-refractivity contribution in [2.24, 2.45) is 11.8 Å². The van der Waals surface area contributed by atoms with Gasteiger partial charge in [0.2, 0.25) is 0 Å². The van der Waals surface area contributed by atoms with Crippen molar-refractivity contribution < 1.29 is 39.1 Å². The second-order valence-corrected chi connectivity index (χ2v) is 11.5. The Labute approximate surface area is 263 Å². The number of Topliss-reactive ketones (excluding diaryl/α,β-unsaturated/α-hetero) is 1. The number of phenolic OH excluding ortho intramolecular Hbond substituents is 3. The molecule has 0 aromatic heterocycles. The number of phenols is 3. The molecule has 5 rings (SSSR count). The molecule has 0 radical (unpaired) electrons. The van der Waals surface area contributed by atoms with Crippen molar-refractivity contribution in [3.8, 4) is 28.7 Å². The molecule has 0 amide bonds. The molecule has 1 saturated heterocycles. The summed E-state index contributed by atoms with van der Waals surface area (Å²) in [6, 6.07) is 27.0. The molecule has 0 bridgehead atoms. The van der Waals surface area contributed by atoms with E-state index in [9.17, 15) is 20.1 Å². The minimum absolute atomic E-state index is 0.0617. The van der Waals surface area contributed by atoms with E-state index in [1.165, 1.54) is 26.4 Å². The number of ketones is 1. The van der Waals surface area contributed by atoms with Gasteiger partial charge in [-0.3, -0.25) is 4.79 Å². The largest absolute Gasteiger partial charge is 0.508 e. The fourth-order valence-corrected chi connectivity index (χ4v) is 5.93. The van der Waals surface area contributed by atoms with E-state index >= 15 is 0 Å². The molecule has 3 N–H and O–H groups in total. The van der Waals surface area contributed by atoms with Gasteiger partial charge in [-0.1, -0.05) is 42.5 Å². The summed E-state index contributed by atoms with van der Waals surface area (Å²) in [5.74, 6) is 0.966. The van der Waals surface area contributed by atoms with E-state index in [1.54, 1.807) is 24.3 Å². The monoisotopic (exact) mass is 612 g/mol. The van der Waals surface area contributed by atoms with E-state index in [-0.39, 0.29) is 41.3 Å². The van der Waals surface area contributed by atoms with Gasteiger partial charge < -0.3 is 34.3 Å². The van der Waals surface area contributed by atoms with Gasteiger partial charge in [0.15, 0.2) is 35.1 Å². The van der Waals surface area contributed by atoms with Crippen LogP contribution in [0.15, 0.2) is 91.0 Å². The number of benzene rings is 4. The Morgan fingerprint density at radius 2 is 1.42 bits per heavy atom. The van der Waals surface area contributed by atoms with Crippen molar-refractivity contribution in [3.05, 3.63) is 113 Å². The summed E-state index contributed by atoms with van der Waals surface area (Å²) in [4.78, 5) is 13.3. The maximum absolute atomic E-state index is 13.3. The summed E-state index contributed by atoms with van der Waals surface area (Å²) in [5.41, 5.74) is 3.63. The van der Waals surface area contributed by atoms with Crippen LogP contribution in [0.25, 0.3) is 0 Å². The number of ether oxygens (including phenoxy) is 4. The molecule has 1 aliphatic rings. The summed E-state index contributed by atoms with van der Waals surface area (Å²) in [6.45, 7) is 0.449. The van der Waals surface area contributed by atoms with Crippen molar-refractivity contribution in [2.45, 2.75) is 44.5 Å². The molecule has 45 heavy (non-hydrogen) atoms. The van der Waals surface area contributed by atoms with Gasteiger partial charge in [0.05, 0.1) is 26.9 Å². The first-order valence-corrected chi connectivity index (χ1v) is 15.2. The topological polar surface area (TPSA) is 115 Å². The van der Waals surface area contributed by atoms with Gasteiger partial charge in [-0.05, 0) is 96.8 Å². The number of hydrogen-bond donors (Lipinski definition) is 3. The molecule has 1 fully saturated rings. The Balaban J connectivity index is 1.39. The van der Waals surface area contributed by atoms with Crippen molar-refractivity contribution in [3.63, 3.8) is 0 Å². The first kappa shape index (κ1) is 31.9. The number of rotatable bonds is 14. The third kappa shape index (κ3) is 8.35. The van der Waals surface area contributed by atoms with Crippen molar-refractivity contribution >= 4 is 5.78 Å². The van der Waals surface area contributed by atoms with Crippen molar-refractivity contribution in [1.82, 2.24) is 0 Å². The Kier molecular flexibility index (Phi) is 10.6. The van der Waals surface area contributed by atoms with E-state index in [1.807, 2.05) is 42.5 Å². The zero-order chi connectivity index (χ0) is 31.8. The van der Waals surface area contributed by atoms with Crippen LogP contribution in [0.3, 0.4) is 0 Å². The number of aryl methyl sites for hydroxylation is 1. The van der Waals surface area contributed by atoms with Gasteiger partial charge in [0, 0.05) is 17.9 Å². The van der Waals surface area contributed by atoms with Gasteiger partial charge in [-0.25, -0.2) is 0 Å². The smallest absolute Gasteiger partial charge is 0.165 e. The Morgan fingerprint density at radius 3 is 2.04 bits per heavy atom. The number of methoxy groups -OCH3 is 2. The normalized spacial score (nSPS) is 18.4. The molecule has 0 unspecified atom stereocenters. The number of carbonyl (C=O) groups excluding carboxylic acids is 1. The highest BCUT2D eigenvalue weighted by molar-refractivity contribution is 5.96. The van der Waals surface area contributed by atoms with E-state index in [2.05, 4.69) is 12.1 Å². The maximum Gasteiger partial charge on any atom is 0.165 e. The van der Waals surface area contributed by atoms with Gasteiger partial charge >= 0.3 is 0 Å². The zero-order valence-corrected chi connectivity index (χ0v) is 25.6.